The van der Waals surface area contributed by atoms with E-state index in [1.807, 2.05) is 51.1 Å². The van der Waals surface area contributed by atoms with Crippen LogP contribution in [0.25, 0.3) is 0 Å². The highest BCUT2D eigenvalue weighted by Crippen LogP contribution is 2.23. The van der Waals surface area contributed by atoms with E-state index in [1.54, 1.807) is 62.3 Å². The van der Waals surface area contributed by atoms with Gasteiger partial charge in [-0.1, -0.05) is 51.1 Å². The predicted molar refractivity (Wildman–Crippen MR) is 241 cm³/mol. The summed E-state index contributed by atoms with van der Waals surface area (Å²) < 4.78 is 26.8. The zero-order valence-corrected chi connectivity index (χ0v) is 40.1. The van der Waals surface area contributed by atoms with Gasteiger partial charge >= 0.3 is 30.5 Å². The smallest absolute Gasteiger partial charge is 0.407 e. The molecule has 1 aromatic rings. The average Bonchev–Trinajstić information content (AvgIpc) is 3.14. The van der Waals surface area contributed by atoms with E-state index in [2.05, 4.69) is 36.8 Å². The van der Waals surface area contributed by atoms with Crippen LogP contribution < -0.4 is 31.9 Å². The molecule has 0 saturated heterocycles. The second-order valence-electron chi connectivity index (χ2n) is 19.4. The lowest BCUT2D eigenvalue weighted by molar-refractivity contribution is -0.123. The van der Waals surface area contributed by atoms with Crippen LogP contribution in [0.15, 0.2) is 30.3 Å². The number of rotatable bonds is 24. The van der Waals surface area contributed by atoms with Crippen molar-refractivity contribution in [2.75, 3.05) is 52.4 Å². The fraction of sp³-hybridized carbons (Fsp3) is 0.733. The summed E-state index contributed by atoms with van der Waals surface area (Å²) in [6.07, 6.45) is 0.120. The van der Waals surface area contributed by atoms with Crippen LogP contribution in [0.1, 0.15) is 127 Å². The van der Waals surface area contributed by atoms with E-state index in [0.717, 1.165) is 5.56 Å². The minimum absolute atomic E-state index is 0.0343. The van der Waals surface area contributed by atoms with Crippen LogP contribution in [0.5, 0.6) is 0 Å². The van der Waals surface area contributed by atoms with Gasteiger partial charge < -0.3 is 60.5 Å². The number of alkyl carbamates (subject to hydrolysis) is 5. The molecule has 0 aliphatic carbocycles. The average molecular weight is 894 g/mol. The van der Waals surface area contributed by atoms with Crippen molar-refractivity contribution in [3.63, 3.8) is 0 Å². The van der Waals surface area contributed by atoms with Gasteiger partial charge in [-0.3, -0.25) is 4.79 Å². The standard InChI is InChI=1S/C45H79N7O11/c1-42(2,3)35(51-41(58)63-45(10,11)12)23-31-59-40(57)50-34(36(53)46-26-27-49-37(54)60-32-33-20-14-13-15-21-33)22-16-17-28-52(29-18-24-47-38(55)61-43(4,5)6)30-19-25-48-39(56)62-44(7,8)9/h13-15,20-21,34-35H,16-19,22-32H2,1-12H3,(H,46,53)(H,47,55)(H,48,56)(H,49,54)(H,50,57)(H,51,58). The third-order valence-corrected chi connectivity index (χ3v) is 8.75. The fourth-order valence-electron chi connectivity index (χ4n) is 5.78. The zero-order valence-electron chi connectivity index (χ0n) is 40.1. The van der Waals surface area contributed by atoms with Gasteiger partial charge in [0.2, 0.25) is 5.91 Å². The molecule has 2 unspecified atom stereocenters. The number of benzene rings is 1. The molecule has 1 aromatic carbocycles. The summed E-state index contributed by atoms with van der Waals surface area (Å²) in [5, 5.41) is 16.5. The van der Waals surface area contributed by atoms with E-state index in [1.165, 1.54) is 0 Å². The lowest BCUT2D eigenvalue weighted by atomic mass is 9.85. The Balaban J connectivity index is 2.90. The highest BCUT2D eigenvalue weighted by atomic mass is 16.6. The Hall–Kier alpha value is -5.00. The van der Waals surface area contributed by atoms with Crippen molar-refractivity contribution < 1.29 is 52.5 Å². The van der Waals surface area contributed by atoms with E-state index < -0.39 is 59.2 Å². The van der Waals surface area contributed by atoms with Crippen LogP contribution >= 0.6 is 0 Å². The molecule has 0 aliphatic heterocycles. The van der Waals surface area contributed by atoms with E-state index >= 15 is 0 Å². The number of amides is 6. The number of hydrogen-bond donors (Lipinski definition) is 6. The van der Waals surface area contributed by atoms with Gasteiger partial charge in [0, 0.05) is 38.6 Å². The van der Waals surface area contributed by atoms with Crippen LogP contribution in [-0.4, -0.2) is 123 Å². The Morgan fingerprint density at radius 3 is 1.54 bits per heavy atom. The van der Waals surface area contributed by atoms with Crippen LogP contribution in [0.2, 0.25) is 0 Å². The molecule has 6 amide bonds. The number of nitrogens with zero attached hydrogens (tertiary/aromatic N) is 1. The zero-order chi connectivity index (χ0) is 47.7. The van der Waals surface area contributed by atoms with E-state index in [0.29, 0.717) is 64.8 Å². The fourth-order valence-corrected chi connectivity index (χ4v) is 5.78. The normalized spacial score (nSPS) is 12.8. The quantitative estimate of drug-likeness (QED) is 0.0468. The Morgan fingerprint density at radius 2 is 1.02 bits per heavy atom. The molecule has 0 bridgehead atoms. The monoisotopic (exact) mass is 894 g/mol. The van der Waals surface area contributed by atoms with Crippen LogP contribution in [0.3, 0.4) is 0 Å². The van der Waals surface area contributed by atoms with Gasteiger partial charge in [0.25, 0.3) is 0 Å². The van der Waals surface area contributed by atoms with Gasteiger partial charge in [0.15, 0.2) is 0 Å². The molecule has 0 fully saturated rings. The summed E-state index contributed by atoms with van der Waals surface area (Å²) >= 11 is 0. The molecule has 0 aromatic heterocycles. The van der Waals surface area contributed by atoms with Crippen LogP contribution in [-0.2, 0) is 35.1 Å². The van der Waals surface area contributed by atoms with Gasteiger partial charge in [0.1, 0.15) is 29.5 Å². The van der Waals surface area contributed by atoms with Gasteiger partial charge in [-0.2, -0.15) is 0 Å². The van der Waals surface area contributed by atoms with Crippen molar-refractivity contribution in [2.45, 2.75) is 157 Å². The van der Waals surface area contributed by atoms with Crippen molar-refractivity contribution in [1.82, 2.24) is 36.8 Å². The lowest BCUT2D eigenvalue weighted by Gasteiger charge is -2.32. The third kappa shape index (κ3) is 30.7. The topological polar surface area (TPSA) is 224 Å². The molecule has 0 spiro atoms. The summed E-state index contributed by atoms with van der Waals surface area (Å²) in [4.78, 5) is 77.9. The van der Waals surface area contributed by atoms with Crippen LogP contribution in [0.4, 0.5) is 24.0 Å². The van der Waals surface area contributed by atoms with Crippen molar-refractivity contribution in [3.05, 3.63) is 35.9 Å². The van der Waals surface area contributed by atoms with Crippen molar-refractivity contribution in [1.29, 1.82) is 0 Å². The molecular formula is C45H79N7O11. The number of carbonyl (C=O) groups is 6. The maximum Gasteiger partial charge on any atom is 0.407 e. The Morgan fingerprint density at radius 1 is 0.524 bits per heavy atom. The first kappa shape index (κ1) is 56.0. The lowest BCUT2D eigenvalue weighted by Crippen LogP contribution is -2.49. The second-order valence-corrected chi connectivity index (χ2v) is 19.4. The molecule has 18 heteroatoms. The summed E-state index contributed by atoms with van der Waals surface area (Å²) in [6, 6.07) is 7.91. The van der Waals surface area contributed by atoms with Gasteiger partial charge in [-0.15, -0.1) is 0 Å². The third-order valence-electron chi connectivity index (χ3n) is 8.75. The molecule has 0 radical (unpaired) electrons. The van der Waals surface area contributed by atoms with Crippen molar-refractivity contribution >= 4 is 36.4 Å². The molecule has 63 heavy (non-hydrogen) atoms. The molecule has 1 rings (SSSR count). The van der Waals surface area contributed by atoms with E-state index in [9.17, 15) is 28.8 Å². The SMILES string of the molecule is CC(C)(C)OC(=O)NCCCN(CCCCC(NC(=O)OCCC(NC(=O)OC(C)(C)C)C(C)(C)C)C(=O)NCCNC(=O)OCc1ccccc1)CCCNC(=O)OC(C)(C)C. The molecule has 2 atom stereocenters. The highest BCUT2D eigenvalue weighted by Gasteiger charge is 2.29. The Labute approximate surface area is 375 Å². The Bertz CT molecular complexity index is 1500. The first-order valence-corrected chi connectivity index (χ1v) is 22.0. The van der Waals surface area contributed by atoms with Gasteiger partial charge in [0.05, 0.1) is 6.61 Å². The molecule has 0 heterocycles. The van der Waals surface area contributed by atoms with Gasteiger partial charge in [-0.25, -0.2) is 24.0 Å². The summed E-state index contributed by atoms with van der Waals surface area (Å²) in [5.41, 5.74) is -1.44. The number of ether oxygens (including phenoxy) is 5. The van der Waals surface area contributed by atoms with Crippen molar-refractivity contribution in [3.8, 4) is 0 Å². The summed E-state index contributed by atoms with van der Waals surface area (Å²) in [5.74, 6) is -0.455. The maximum atomic E-state index is 13.5. The molecule has 0 aliphatic rings. The first-order chi connectivity index (χ1) is 29.2. The number of hydrogen-bond acceptors (Lipinski definition) is 12. The Kier molecular flexibility index (Phi) is 24.8. The molecule has 360 valence electrons. The molecule has 0 saturated carbocycles. The van der Waals surface area contributed by atoms with Crippen LogP contribution in [0, 0.1) is 5.41 Å². The highest BCUT2D eigenvalue weighted by molar-refractivity contribution is 5.85. The minimum Gasteiger partial charge on any atom is -0.449 e. The summed E-state index contributed by atoms with van der Waals surface area (Å²) in [7, 11) is 0. The van der Waals surface area contributed by atoms with E-state index in [4.69, 9.17) is 23.7 Å². The molecule has 18 nitrogen and oxygen atoms in total. The van der Waals surface area contributed by atoms with Crippen molar-refractivity contribution in [2.24, 2.45) is 5.41 Å². The molecule has 6 N–H and O–H groups in total. The van der Waals surface area contributed by atoms with E-state index in [-0.39, 0.29) is 44.2 Å². The number of carbonyl (C=O) groups excluding carboxylic acids is 6. The predicted octanol–water partition coefficient (Wildman–Crippen LogP) is 6.76. The number of unbranched alkanes of at least 4 members (excludes halogenated alkanes) is 1. The summed E-state index contributed by atoms with van der Waals surface area (Å²) in [6.45, 7) is 25.0. The largest absolute Gasteiger partial charge is 0.449 e. The minimum atomic E-state index is -0.953. The first-order valence-electron chi connectivity index (χ1n) is 22.0. The molecular weight excluding hydrogens is 815 g/mol. The maximum absolute atomic E-state index is 13.5. The second kappa shape index (κ2) is 27.9. The van der Waals surface area contributed by atoms with Gasteiger partial charge in [-0.05, 0) is 125 Å². The number of nitrogens with one attached hydrogen (secondary N) is 6.